The molecule has 0 aliphatic rings. The van der Waals surface area contributed by atoms with E-state index < -0.39 is 12.2 Å². The van der Waals surface area contributed by atoms with Crippen LogP contribution in [0.2, 0.25) is 0 Å². The van der Waals surface area contributed by atoms with Crippen LogP contribution >= 0.6 is 0 Å². The van der Waals surface area contributed by atoms with Gasteiger partial charge in [0.25, 0.3) is 0 Å². The van der Waals surface area contributed by atoms with Gasteiger partial charge in [-0.1, -0.05) is 73.9 Å². The Morgan fingerprint density at radius 1 is 1.00 bits per heavy atom. The molecule has 0 amide bonds. The van der Waals surface area contributed by atoms with Crippen molar-refractivity contribution in [1.29, 1.82) is 0 Å². The van der Waals surface area contributed by atoms with E-state index in [1.165, 1.54) is 17.4 Å². The summed E-state index contributed by atoms with van der Waals surface area (Å²) in [5.41, 5.74) is 0. The van der Waals surface area contributed by atoms with Crippen LogP contribution in [0.3, 0.4) is 0 Å². The number of aliphatic hydroxyl groups is 3. The Balaban J connectivity index is 0.000000486. The van der Waals surface area contributed by atoms with Crippen molar-refractivity contribution in [2.75, 3.05) is 6.61 Å². The molecule has 1 rings (SSSR count). The Morgan fingerprint density at radius 2 is 1.57 bits per heavy atom. The summed E-state index contributed by atoms with van der Waals surface area (Å²) in [5, 5.41) is 27.3. The number of hydrogen-bond donors (Lipinski definition) is 3. The molecule has 0 radical (unpaired) electrons. The maximum absolute atomic E-state index is 8.44. The lowest BCUT2D eigenvalue weighted by molar-refractivity contribution is -0.00425. The van der Waals surface area contributed by atoms with E-state index in [0.29, 0.717) is 0 Å². The molecule has 0 aliphatic heterocycles. The Kier molecular flexibility index (Phi) is 10.8. The highest BCUT2D eigenvalue weighted by atomic mass is 16.4. The Labute approximate surface area is 126 Å². The molecule has 0 aliphatic carbocycles. The van der Waals surface area contributed by atoms with Crippen LogP contribution in [0.5, 0.6) is 0 Å². The van der Waals surface area contributed by atoms with E-state index in [2.05, 4.69) is 31.4 Å². The number of hydrogen-bond acceptors (Lipinski definition) is 3. The number of rotatable bonds is 5. The summed E-state index contributed by atoms with van der Waals surface area (Å²) in [4.78, 5) is 0. The summed E-state index contributed by atoms with van der Waals surface area (Å²) in [6.45, 7) is 8.35. The van der Waals surface area contributed by atoms with E-state index in [1.54, 1.807) is 12.2 Å². The number of benzene rings is 1. The molecule has 2 atom stereocenters. The fraction of sp³-hybridized carbons (Fsp3) is 0.222. The van der Waals surface area contributed by atoms with Crippen LogP contribution in [0.4, 0.5) is 0 Å². The first-order valence-corrected chi connectivity index (χ1v) is 6.71. The van der Waals surface area contributed by atoms with Gasteiger partial charge < -0.3 is 15.3 Å². The molecule has 3 heteroatoms. The molecular weight excluding hydrogens is 264 g/mol. The van der Waals surface area contributed by atoms with Crippen molar-refractivity contribution in [1.82, 2.24) is 0 Å². The van der Waals surface area contributed by atoms with Gasteiger partial charge in [0.05, 0.1) is 12.7 Å². The topological polar surface area (TPSA) is 60.7 Å². The van der Waals surface area contributed by atoms with Crippen molar-refractivity contribution in [2.24, 2.45) is 0 Å². The molecule has 0 spiro atoms. The average molecular weight is 288 g/mol. The van der Waals surface area contributed by atoms with Gasteiger partial charge in [-0.25, -0.2) is 0 Å². The summed E-state index contributed by atoms with van der Waals surface area (Å²) >= 11 is 0. The molecule has 0 aromatic heterocycles. The van der Waals surface area contributed by atoms with Crippen LogP contribution < -0.4 is 10.4 Å². The predicted octanol–water partition coefficient (Wildman–Crippen LogP) is 0.896. The molecule has 0 fully saturated rings. The lowest BCUT2D eigenvalue weighted by Gasteiger charge is -2.07. The van der Waals surface area contributed by atoms with E-state index in [0.717, 1.165) is 0 Å². The Bertz CT molecular complexity index is 556. The van der Waals surface area contributed by atoms with Crippen LogP contribution in [-0.4, -0.2) is 34.1 Å². The van der Waals surface area contributed by atoms with Gasteiger partial charge in [0, 0.05) is 0 Å². The largest absolute Gasteiger partial charge is 0.394 e. The Morgan fingerprint density at radius 3 is 1.95 bits per heavy atom. The summed E-state index contributed by atoms with van der Waals surface area (Å²) in [6, 6.07) is 8.18. The third-order valence-corrected chi connectivity index (χ3v) is 2.56. The summed E-state index contributed by atoms with van der Waals surface area (Å²) in [5.74, 6) is 0. The molecule has 3 N–H and O–H groups in total. The van der Waals surface area contributed by atoms with Crippen LogP contribution in [-0.2, 0) is 0 Å². The van der Waals surface area contributed by atoms with Gasteiger partial charge in [-0.15, -0.1) is 0 Å². The van der Waals surface area contributed by atoms with E-state index in [4.69, 9.17) is 15.3 Å². The zero-order valence-corrected chi connectivity index (χ0v) is 12.4. The molecule has 114 valence electrons. The maximum Gasteiger partial charge on any atom is 0.103 e. The first kappa shape index (κ1) is 19.1. The predicted molar refractivity (Wildman–Crippen MR) is 88.9 cm³/mol. The second-order valence-electron chi connectivity index (χ2n) is 4.31. The number of aliphatic hydroxyl groups excluding tert-OH is 3. The monoisotopic (exact) mass is 288 g/mol. The van der Waals surface area contributed by atoms with Gasteiger partial charge >= 0.3 is 0 Å². The third kappa shape index (κ3) is 8.76. The molecule has 0 heterocycles. The first-order valence-electron chi connectivity index (χ1n) is 6.71. The standard InChI is InChI=1S/C14H14.C4H10O3/c1-3-5-6-10-14-12-8-7-11-13(14)9-4-2;1-3(6)4(7)2-5/h3-12H,1-2H2;3-7H,2H2,1H3/b6-5-,13-9+,14-10+;/t;3-,4+/m.0/s1. The van der Waals surface area contributed by atoms with Gasteiger partial charge in [-0.2, -0.15) is 0 Å². The molecular formula is C18H24O3. The zero-order valence-electron chi connectivity index (χ0n) is 12.4. The van der Waals surface area contributed by atoms with E-state index >= 15 is 0 Å². The summed E-state index contributed by atoms with van der Waals surface area (Å²) in [7, 11) is 0. The van der Waals surface area contributed by atoms with Crippen molar-refractivity contribution < 1.29 is 15.3 Å². The molecule has 1 aromatic rings. The van der Waals surface area contributed by atoms with Crippen LogP contribution in [0.25, 0.3) is 12.2 Å². The van der Waals surface area contributed by atoms with Gasteiger partial charge in [-0.3, -0.25) is 0 Å². The molecule has 0 saturated heterocycles. The summed E-state index contributed by atoms with van der Waals surface area (Å²) in [6.07, 6.45) is 9.67. The molecule has 0 bridgehead atoms. The summed E-state index contributed by atoms with van der Waals surface area (Å²) < 4.78 is 0. The van der Waals surface area contributed by atoms with Crippen LogP contribution in [0, 0.1) is 0 Å². The Hall–Kier alpha value is -1.94. The molecule has 0 unspecified atom stereocenters. The zero-order chi connectivity index (χ0) is 16.1. The quantitative estimate of drug-likeness (QED) is 0.705. The minimum absolute atomic E-state index is 0.377. The van der Waals surface area contributed by atoms with Gasteiger partial charge in [-0.05, 0) is 17.4 Å². The van der Waals surface area contributed by atoms with Crippen molar-refractivity contribution in [3.63, 3.8) is 0 Å². The highest BCUT2D eigenvalue weighted by molar-refractivity contribution is 5.43. The molecule has 3 nitrogen and oxygen atoms in total. The fourth-order valence-corrected chi connectivity index (χ4v) is 1.33. The van der Waals surface area contributed by atoms with Crippen molar-refractivity contribution in [2.45, 2.75) is 19.1 Å². The van der Waals surface area contributed by atoms with E-state index in [1.807, 2.05) is 30.4 Å². The second kappa shape index (κ2) is 11.9. The SMILES string of the molecule is C=C\C=C/C=c1\cccc\c1=C/C=C.C[C@H](O)[C@H](O)CO. The minimum Gasteiger partial charge on any atom is -0.394 e. The fourth-order valence-electron chi connectivity index (χ4n) is 1.33. The van der Waals surface area contributed by atoms with Gasteiger partial charge in [0.1, 0.15) is 6.10 Å². The van der Waals surface area contributed by atoms with Crippen molar-refractivity contribution >= 4 is 12.2 Å². The maximum atomic E-state index is 8.44. The second-order valence-corrected chi connectivity index (χ2v) is 4.31. The molecule has 0 saturated carbocycles. The van der Waals surface area contributed by atoms with E-state index in [-0.39, 0.29) is 6.61 Å². The smallest absolute Gasteiger partial charge is 0.103 e. The third-order valence-electron chi connectivity index (χ3n) is 2.56. The highest BCUT2D eigenvalue weighted by Gasteiger charge is 2.06. The van der Waals surface area contributed by atoms with Crippen LogP contribution in [0.1, 0.15) is 6.92 Å². The van der Waals surface area contributed by atoms with Crippen molar-refractivity contribution in [3.8, 4) is 0 Å². The van der Waals surface area contributed by atoms with E-state index in [9.17, 15) is 0 Å². The highest BCUT2D eigenvalue weighted by Crippen LogP contribution is 1.87. The normalized spacial score (nSPS) is 15.2. The lowest BCUT2D eigenvalue weighted by Crippen LogP contribution is -2.25. The molecule has 21 heavy (non-hydrogen) atoms. The number of allylic oxidation sites excluding steroid dienone is 4. The first-order chi connectivity index (χ1) is 10.1. The van der Waals surface area contributed by atoms with Gasteiger partial charge in [0.2, 0.25) is 0 Å². The van der Waals surface area contributed by atoms with Crippen molar-refractivity contribution in [3.05, 3.63) is 72.2 Å². The lowest BCUT2D eigenvalue weighted by atomic mass is 10.2. The van der Waals surface area contributed by atoms with Crippen LogP contribution in [0.15, 0.2) is 61.7 Å². The average Bonchev–Trinajstić information content (AvgIpc) is 2.49. The van der Waals surface area contributed by atoms with Gasteiger partial charge in [0.15, 0.2) is 0 Å². The molecule has 1 aromatic carbocycles. The minimum atomic E-state index is -0.986.